The van der Waals surface area contributed by atoms with E-state index in [1.807, 2.05) is 29.6 Å². The van der Waals surface area contributed by atoms with Gasteiger partial charge < -0.3 is 14.3 Å². The van der Waals surface area contributed by atoms with Crippen molar-refractivity contribution in [3.8, 4) is 0 Å². The molecule has 2 heterocycles. The zero-order chi connectivity index (χ0) is 14.8. The number of carboxylic acid groups (broad SMARTS) is 1. The average Bonchev–Trinajstić information content (AvgIpc) is 3.03. The second-order valence-electron chi connectivity index (χ2n) is 4.37. The monoisotopic (exact) mass is 362 g/mol. The molecular formula is C15H9BrNO3S-. The number of para-hydroxylation sites is 2. The van der Waals surface area contributed by atoms with Gasteiger partial charge in [-0.3, -0.25) is 0 Å². The number of hydrogen-bond donors (Lipinski definition) is 0. The van der Waals surface area contributed by atoms with Gasteiger partial charge in [-0.2, -0.15) is 0 Å². The lowest BCUT2D eigenvalue weighted by molar-refractivity contribution is -0.304. The Labute approximate surface area is 132 Å². The topological polar surface area (TPSA) is 66.2 Å². The van der Waals surface area contributed by atoms with Crippen LogP contribution in [0.2, 0.25) is 0 Å². The first-order chi connectivity index (χ1) is 10.1. The SMILES string of the molecule is O=C([O-])C/C(=C\c1cc(Br)cs1)c1nc2ccccc2o1. The third-order valence-corrected chi connectivity index (χ3v) is 4.45. The Bertz CT molecular complexity index is 801. The number of aliphatic carboxylic acids is 1. The summed E-state index contributed by atoms with van der Waals surface area (Å²) in [5.41, 5.74) is 1.81. The molecule has 0 saturated carbocycles. The van der Waals surface area contributed by atoms with E-state index in [1.54, 1.807) is 12.1 Å². The lowest BCUT2D eigenvalue weighted by atomic mass is 10.1. The van der Waals surface area contributed by atoms with Crippen LogP contribution in [0.4, 0.5) is 0 Å². The van der Waals surface area contributed by atoms with Crippen LogP contribution in [-0.4, -0.2) is 11.0 Å². The molecule has 0 bridgehead atoms. The molecule has 0 N–H and O–H groups in total. The van der Waals surface area contributed by atoms with Crippen LogP contribution in [0.25, 0.3) is 22.7 Å². The average molecular weight is 363 g/mol. The quantitative estimate of drug-likeness (QED) is 0.713. The van der Waals surface area contributed by atoms with Crippen LogP contribution in [-0.2, 0) is 4.79 Å². The number of rotatable bonds is 4. The molecule has 0 radical (unpaired) electrons. The van der Waals surface area contributed by atoms with E-state index in [-0.39, 0.29) is 6.42 Å². The first-order valence-electron chi connectivity index (χ1n) is 6.12. The first kappa shape index (κ1) is 14.0. The minimum absolute atomic E-state index is 0.248. The maximum absolute atomic E-state index is 11.0. The Hall–Kier alpha value is -1.92. The molecular weight excluding hydrogens is 354 g/mol. The fourth-order valence-electron chi connectivity index (χ4n) is 1.93. The number of aromatic nitrogens is 1. The molecule has 0 saturated heterocycles. The van der Waals surface area contributed by atoms with Gasteiger partial charge in [0.15, 0.2) is 5.58 Å². The second kappa shape index (κ2) is 5.83. The molecule has 6 heteroatoms. The molecule has 106 valence electrons. The van der Waals surface area contributed by atoms with E-state index in [9.17, 15) is 9.90 Å². The van der Waals surface area contributed by atoms with Gasteiger partial charge in [0.1, 0.15) is 5.52 Å². The van der Waals surface area contributed by atoms with Crippen LogP contribution in [0.5, 0.6) is 0 Å². The summed E-state index contributed by atoms with van der Waals surface area (Å²) >= 11 is 4.87. The third-order valence-electron chi connectivity index (χ3n) is 2.81. The molecule has 0 amide bonds. The summed E-state index contributed by atoms with van der Waals surface area (Å²) in [6.07, 6.45) is 1.51. The Morgan fingerprint density at radius 2 is 2.24 bits per heavy atom. The number of benzene rings is 1. The highest BCUT2D eigenvalue weighted by atomic mass is 79.9. The summed E-state index contributed by atoms with van der Waals surface area (Å²) in [7, 11) is 0. The summed E-state index contributed by atoms with van der Waals surface area (Å²) in [6, 6.07) is 9.22. The minimum Gasteiger partial charge on any atom is -0.550 e. The molecule has 4 nitrogen and oxygen atoms in total. The van der Waals surface area contributed by atoms with E-state index in [0.717, 1.165) is 9.35 Å². The molecule has 0 aliphatic rings. The molecule has 3 aromatic rings. The number of thiophene rings is 1. The summed E-state index contributed by atoms with van der Waals surface area (Å²) in [6.45, 7) is 0. The predicted molar refractivity (Wildman–Crippen MR) is 83.5 cm³/mol. The molecule has 0 aliphatic carbocycles. The number of carbonyl (C=O) groups is 1. The van der Waals surface area contributed by atoms with Crippen LogP contribution in [0.1, 0.15) is 17.2 Å². The number of carbonyl (C=O) groups excluding carboxylic acids is 1. The van der Waals surface area contributed by atoms with Crippen molar-refractivity contribution >= 4 is 56.0 Å². The van der Waals surface area contributed by atoms with E-state index in [4.69, 9.17) is 4.42 Å². The third kappa shape index (κ3) is 3.22. The van der Waals surface area contributed by atoms with Gasteiger partial charge in [-0.1, -0.05) is 12.1 Å². The van der Waals surface area contributed by atoms with Crippen LogP contribution in [0, 0.1) is 0 Å². The Morgan fingerprint density at radius 3 is 2.90 bits per heavy atom. The molecule has 0 aliphatic heterocycles. The van der Waals surface area contributed by atoms with Crippen LogP contribution < -0.4 is 5.11 Å². The van der Waals surface area contributed by atoms with E-state index in [2.05, 4.69) is 20.9 Å². The van der Waals surface area contributed by atoms with Gasteiger partial charge in [0.05, 0.1) is 0 Å². The van der Waals surface area contributed by atoms with Crippen molar-refractivity contribution in [2.75, 3.05) is 0 Å². The van der Waals surface area contributed by atoms with Crippen molar-refractivity contribution < 1.29 is 14.3 Å². The molecule has 0 fully saturated rings. The molecule has 21 heavy (non-hydrogen) atoms. The van der Waals surface area contributed by atoms with Gasteiger partial charge in [0, 0.05) is 32.7 Å². The largest absolute Gasteiger partial charge is 0.550 e. The molecule has 0 atom stereocenters. The van der Waals surface area contributed by atoms with Crippen LogP contribution in [0.15, 0.2) is 44.6 Å². The minimum atomic E-state index is -1.17. The summed E-state index contributed by atoms with van der Waals surface area (Å²) in [4.78, 5) is 16.2. The lowest BCUT2D eigenvalue weighted by Gasteiger charge is -2.03. The fraction of sp³-hybridized carbons (Fsp3) is 0.0667. The molecule has 1 aromatic carbocycles. The highest BCUT2D eigenvalue weighted by Crippen LogP contribution is 2.28. The van der Waals surface area contributed by atoms with Crippen molar-refractivity contribution in [1.29, 1.82) is 0 Å². The lowest BCUT2D eigenvalue weighted by Crippen LogP contribution is -2.22. The van der Waals surface area contributed by atoms with Gasteiger partial charge in [-0.05, 0) is 40.2 Å². The Morgan fingerprint density at radius 1 is 1.43 bits per heavy atom. The molecule has 2 aromatic heterocycles. The van der Waals surface area contributed by atoms with Crippen molar-refractivity contribution in [3.05, 3.63) is 51.0 Å². The summed E-state index contributed by atoms with van der Waals surface area (Å²) in [5, 5.41) is 12.9. The van der Waals surface area contributed by atoms with Crippen LogP contribution in [0.3, 0.4) is 0 Å². The van der Waals surface area contributed by atoms with Gasteiger partial charge in [-0.15, -0.1) is 11.3 Å². The number of carboxylic acids is 1. The van der Waals surface area contributed by atoms with Gasteiger partial charge in [0.25, 0.3) is 0 Å². The summed E-state index contributed by atoms with van der Waals surface area (Å²) in [5.74, 6) is -0.857. The Balaban J connectivity index is 2.06. The Kier molecular flexibility index (Phi) is 3.90. The van der Waals surface area contributed by atoms with Gasteiger partial charge >= 0.3 is 0 Å². The molecule has 3 rings (SSSR count). The highest BCUT2D eigenvalue weighted by Gasteiger charge is 2.12. The molecule has 0 unspecified atom stereocenters. The van der Waals surface area contributed by atoms with Crippen LogP contribution >= 0.6 is 27.3 Å². The maximum Gasteiger partial charge on any atom is 0.223 e. The zero-order valence-corrected chi connectivity index (χ0v) is 13.1. The van der Waals surface area contributed by atoms with Gasteiger partial charge in [0.2, 0.25) is 5.89 Å². The standard InChI is InChI=1S/C15H10BrNO3S/c16-10-7-11(21-8-10)5-9(6-14(18)19)15-17-12-3-1-2-4-13(12)20-15/h1-5,7-8H,6H2,(H,18,19)/p-1/b9-5+. The number of fused-ring (bicyclic) bond motifs is 1. The van der Waals surface area contributed by atoms with E-state index >= 15 is 0 Å². The molecule has 0 spiro atoms. The van der Waals surface area contributed by atoms with Crippen molar-refractivity contribution in [2.45, 2.75) is 6.42 Å². The smallest absolute Gasteiger partial charge is 0.223 e. The number of oxazole rings is 1. The van der Waals surface area contributed by atoms with E-state index < -0.39 is 5.97 Å². The van der Waals surface area contributed by atoms with Gasteiger partial charge in [-0.25, -0.2) is 4.98 Å². The van der Waals surface area contributed by atoms with E-state index in [0.29, 0.717) is 22.6 Å². The number of nitrogens with zero attached hydrogens (tertiary/aromatic N) is 1. The second-order valence-corrected chi connectivity index (χ2v) is 6.23. The number of hydrogen-bond acceptors (Lipinski definition) is 5. The van der Waals surface area contributed by atoms with Crippen molar-refractivity contribution in [3.63, 3.8) is 0 Å². The van der Waals surface area contributed by atoms with E-state index in [1.165, 1.54) is 11.3 Å². The highest BCUT2D eigenvalue weighted by molar-refractivity contribution is 9.10. The maximum atomic E-state index is 11.0. The summed E-state index contributed by atoms with van der Waals surface area (Å²) < 4.78 is 6.58. The zero-order valence-electron chi connectivity index (χ0n) is 10.7. The fourth-order valence-corrected chi connectivity index (χ4v) is 3.33. The predicted octanol–water partition coefficient (Wildman–Crippen LogP) is 3.33. The van der Waals surface area contributed by atoms with Crippen molar-refractivity contribution in [1.82, 2.24) is 4.98 Å². The first-order valence-corrected chi connectivity index (χ1v) is 7.79. The number of halogens is 1. The van der Waals surface area contributed by atoms with Crippen molar-refractivity contribution in [2.24, 2.45) is 0 Å². The normalized spacial score (nSPS) is 12.0.